The van der Waals surface area contributed by atoms with Crippen molar-refractivity contribution in [1.82, 2.24) is 9.29 Å². The summed E-state index contributed by atoms with van der Waals surface area (Å²) in [6.45, 7) is -0.00105. The fraction of sp³-hybridized carbons (Fsp3) is 0.200. The third-order valence-electron chi connectivity index (χ3n) is 4.19. The number of pyridine rings is 1. The Bertz CT molecular complexity index is 1030. The summed E-state index contributed by atoms with van der Waals surface area (Å²) in [5.41, 5.74) is 2.25. The van der Waals surface area contributed by atoms with E-state index >= 15 is 0 Å². The van der Waals surface area contributed by atoms with Gasteiger partial charge in [0.1, 0.15) is 0 Å². The SMILES string of the molecule is CS(=O)(=O)N(CCc1ccccc1)CC(=O)Nc1cccc2cccnc12. The van der Waals surface area contributed by atoms with E-state index < -0.39 is 15.9 Å². The minimum atomic E-state index is -3.51. The van der Waals surface area contributed by atoms with Gasteiger partial charge in [0.2, 0.25) is 15.9 Å². The van der Waals surface area contributed by atoms with Crippen LogP contribution in [0.3, 0.4) is 0 Å². The highest BCUT2D eigenvalue weighted by Crippen LogP contribution is 2.20. The molecule has 140 valence electrons. The monoisotopic (exact) mass is 383 g/mol. The Morgan fingerprint density at radius 3 is 2.52 bits per heavy atom. The number of amides is 1. The lowest BCUT2D eigenvalue weighted by atomic mass is 10.1. The number of hydrogen-bond donors (Lipinski definition) is 1. The van der Waals surface area contributed by atoms with E-state index in [9.17, 15) is 13.2 Å². The van der Waals surface area contributed by atoms with Gasteiger partial charge in [0.05, 0.1) is 24.0 Å². The van der Waals surface area contributed by atoms with E-state index in [1.807, 2.05) is 54.6 Å². The predicted octanol–water partition coefficient (Wildman–Crippen LogP) is 2.68. The van der Waals surface area contributed by atoms with Gasteiger partial charge in [0.15, 0.2) is 0 Å². The number of para-hydroxylation sites is 1. The quantitative estimate of drug-likeness (QED) is 0.680. The Kier molecular flexibility index (Phi) is 5.83. The summed E-state index contributed by atoms with van der Waals surface area (Å²) in [5, 5.41) is 3.68. The number of nitrogens with one attached hydrogen (secondary N) is 1. The van der Waals surface area contributed by atoms with Gasteiger partial charge in [0, 0.05) is 18.1 Å². The molecule has 0 aliphatic rings. The van der Waals surface area contributed by atoms with Gasteiger partial charge in [-0.25, -0.2) is 8.42 Å². The number of benzene rings is 2. The molecule has 0 saturated heterocycles. The van der Waals surface area contributed by atoms with E-state index in [-0.39, 0.29) is 13.1 Å². The topological polar surface area (TPSA) is 79.4 Å². The van der Waals surface area contributed by atoms with Crippen LogP contribution in [-0.2, 0) is 21.2 Å². The Morgan fingerprint density at radius 1 is 1.04 bits per heavy atom. The molecule has 1 N–H and O–H groups in total. The highest BCUT2D eigenvalue weighted by molar-refractivity contribution is 7.88. The molecule has 0 spiro atoms. The first-order chi connectivity index (χ1) is 12.9. The summed E-state index contributed by atoms with van der Waals surface area (Å²) in [5.74, 6) is -0.397. The average Bonchev–Trinajstić information content (AvgIpc) is 2.65. The van der Waals surface area contributed by atoms with Crippen LogP contribution in [-0.4, -0.2) is 43.0 Å². The highest BCUT2D eigenvalue weighted by atomic mass is 32.2. The molecule has 6 nitrogen and oxygen atoms in total. The molecule has 0 aliphatic carbocycles. The van der Waals surface area contributed by atoms with Crippen LogP contribution in [0.4, 0.5) is 5.69 Å². The fourth-order valence-electron chi connectivity index (χ4n) is 2.82. The molecule has 0 bridgehead atoms. The second-order valence-electron chi connectivity index (χ2n) is 6.26. The number of sulfonamides is 1. The average molecular weight is 383 g/mol. The normalized spacial score (nSPS) is 11.6. The smallest absolute Gasteiger partial charge is 0.239 e. The van der Waals surface area contributed by atoms with Gasteiger partial charge in [-0.15, -0.1) is 0 Å². The highest BCUT2D eigenvalue weighted by Gasteiger charge is 2.20. The van der Waals surface area contributed by atoms with E-state index in [1.54, 1.807) is 12.3 Å². The van der Waals surface area contributed by atoms with Crippen molar-refractivity contribution in [2.45, 2.75) is 6.42 Å². The fourth-order valence-corrected chi connectivity index (χ4v) is 3.59. The maximum atomic E-state index is 12.5. The molecule has 0 saturated carbocycles. The molecule has 0 atom stereocenters. The number of anilines is 1. The molecule has 2 aromatic carbocycles. The summed E-state index contributed by atoms with van der Waals surface area (Å²) in [6, 6.07) is 18.8. The Labute approximate surface area is 158 Å². The predicted molar refractivity (Wildman–Crippen MR) is 107 cm³/mol. The van der Waals surface area contributed by atoms with Gasteiger partial charge >= 0.3 is 0 Å². The largest absolute Gasteiger partial charge is 0.323 e. The molecule has 0 fully saturated rings. The van der Waals surface area contributed by atoms with Crippen molar-refractivity contribution >= 4 is 32.5 Å². The maximum absolute atomic E-state index is 12.5. The van der Waals surface area contributed by atoms with Crippen LogP contribution in [0.2, 0.25) is 0 Å². The molecule has 0 aliphatic heterocycles. The molecule has 7 heteroatoms. The molecular formula is C20H21N3O3S. The van der Waals surface area contributed by atoms with E-state index in [0.717, 1.165) is 17.2 Å². The van der Waals surface area contributed by atoms with Crippen LogP contribution < -0.4 is 5.32 Å². The third kappa shape index (κ3) is 5.12. The summed E-state index contributed by atoms with van der Waals surface area (Å²) in [7, 11) is -3.51. The van der Waals surface area contributed by atoms with Crippen LogP contribution in [0.15, 0.2) is 66.9 Å². The molecule has 1 aromatic heterocycles. The molecule has 0 unspecified atom stereocenters. The van der Waals surface area contributed by atoms with Gasteiger partial charge in [-0.3, -0.25) is 9.78 Å². The lowest BCUT2D eigenvalue weighted by Gasteiger charge is -2.19. The van der Waals surface area contributed by atoms with Gasteiger partial charge < -0.3 is 5.32 Å². The Hall–Kier alpha value is -2.77. The minimum Gasteiger partial charge on any atom is -0.323 e. The number of hydrogen-bond acceptors (Lipinski definition) is 4. The van der Waals surface area contributed by atoms with Gasteiger partial charge in [-0.05, 0) is 24.1 Å². The van der Waals surface area contributed by atoms with Gasteiger partial charge in [0.25, 0.3) is 0 Å². The number of carbonyl (C=O) groups is 1. The van der Waals surface area contributed by atoms with Crippen LogP contribution in [0, 0.1) is 0 Å². The van der Waals surface area contributed by atoms with Crippen molar-refractivity contribution in [3.63, 3.8) is 0 Å². The molecule has 27 heavy (non-hydrogen) atoms. The number of aromatic nitrogens is 1. The zero-order valence-corrected chi connectivity index (χ0v) is 15.8. The van der Waals surface area contributed by atoms with Crippen LogP contribution >= 0.6 is 0 Å². The second-order valence-corrected chi connectivity index (χ2v) is 8.24. The zero-order valence-electron chi connectivity index (χ0n) is 15.0. The lowest BCUT2D eigenvalue weighted by Crippen LogP contribution is -2.38. The Balaban J connectivity index is 1.70. The van der Waals surface area contributed by atoms with E-state index in [0.29, 0.717) is 17.6 Å². The molecule has 1 heterocycles. The summed E-state index contributed by atoms with van der Waals surface area (Å²) in [6.07, 6.45) is 3.31. The zero-order chi connectivity index (χ0) is 19.3. The maximum Gasteiger partial charge on any atom is 0.239 e. The first-order valence-corrected chi connectivity index (χ1v) is 10.4. The molecule has 3 aromatic rings. The molecule has 0 radical (unpaired) electrons. The first-order valence-electron chi connectivity index (χ1n) is 8.56. The van der Waals surface area contributed by atoms with Gasteiger partial charge in [-0.2, -0.15) is 4.31 Å². The van der Waals surface area contributed by atoms with E-state index in [4.69, 9.17) is 0 Å². The standard InChI is InChI=1S/C20H21N3O3S/c1-27(25,26)23(14-12-16-7-3-2-4-8-16)15-19(24)22-18-11-5-9-17-10-6-13-21-20(17)18/h2-11,13H,12,14-15H2,1H3,(H,22,24). The third-order valence-corrected chi connectivity index (χ3v) is 5.44. The lowest BCUT2D eigenvalue weighted by molar-refractivity contribution is -0.116. The van der Waals surface area contributed by atoms with Crippen molar-refractivity contribution in [3.8, 4) is 0 Å². The molecule has 3 rings (SSSR count). The van der Waals surface area contributed by atoms with Crippen molar-refractivity contribution in [2.24, 2.45) is 0 Å². The van der Waals surface area contributed by atoms with Crippen LogP contribution in [0.25, 0.3) is 10.9 Å². The molecular weight excluding hydrogens is 362 g/mol. The number of fused-ring (bicyclic) bond motifs is 1. The summed E-state index contributed by atoms with van der Waals surface area (Å²) in [4.78, 5) is 16.8. The van der Waals surface area contributed by atoms with E-state index in [1.165, 1.54) is 4.31 Å². The Morgan fingerprint density at radius 2 is 1.78 bits per heavy atom. The van der Waals surface area contributed by atoms with Crippen LogP contribution in [0.5, 0.6) is 0 Å². The van der Waals surface area contributed by atoms with Crippen LogP contribution in [0.1, 0.15) is 5.56 Å². The van der Waals surface area contributed by atoms with Crippen molar-refractivity contribution in [2.75, 3.05) is 24.7 Å². The van der Waals surface area contributed by atoms with Crippen molar-refractivity contribution < 1.29 is 13.2 Å². The van der Waals surface area contributed by atoms with Crippen molar-refractivity contribution in [1.29, 1.82) is 0 Å². The number of carbonyl (C=O) groups excluding carboxylic acids is 1. The molecule has 1 amide bonds. The minimum absolute atomic E-state index is 0.240. The summed E-state index contributed by atoms with van der Waals surface area (Å²) >= 11 is 0. The van der Waals surface area contributed by atoms with Gasteiger partial charge in [-0.1, -0.05) is 48.5 Å². The van der Waals surface area contributed by atoms with E-state index in [2.05, 4.69) is 10.3 Å². The van der Waals surface area contributed by atoms with Crippen molar-refractivity contribution in [3.05, 3.63) is 72.4 Å². The number of nitrogens with zero attached hydrogens (tertiary/aromatic N) is 2. The first kappa shape index (κ1) is 19.0. The summed E-state index contributed by atoms with van der Waals surface area (Å²) < 4.78 is 25.4. The number of rotatable bonds is 7. The second kappa shape index (κ2) is 8.28.